The third kappa shape index (κ3) is 2.46. The Morgan fingerprint density at radius 3 is 2.56 bits per heavy atom. The average Bonchev–Trinajstić information content (AvgIpc) is 2.28. The molecular weight excluding hydrogens is 206 g/mol. The van der Waals surface area contributed by atoms with E-state index in [9.17, 15) is 10.2 Å². The Morgan fingerprint density at radius 1 is 1.44 bits per heavy atom. The molecule has 1 aromatic rings. The van der Waals surface area contributed by atoms with Gasteiger partial charge in [-0.3, -0.25) is 0 Å². The van der Waals surface area contributed by atoms with E-state index in [1.807, 2.05) is 13.8 Å². The van der Waals surface area contributed by atoms with Crippen LogP contribution < -0.4 is 10.5 Å². The van der Waals surface area contributed by atoms with Crippen LogP contribution in [0.15, 0.2) is 18.2 Å². The van der Waals surface area contributed by atoms with Crippen molar-refractivity contribution in [3.8, 4) is 11.5 Å². The number of hydrogen-bond acceptors (Lipinski definition) is 4. The van der Waals surface area contributed by atoms with E-state index in [2.05, 4.69) is 0 Å². The fourth-order valence-electron chi connectivity index (χ4n) is 1.44. The first-order valence-corrected chi connectivity index (χ1v) is 5.15. The second-order valence-electron chi connectivity index (χ2n) is 4.56. The lowest BCUT2D eigenvalue weighted by Gasteiger charge is -2.30. The molecule has 16 heavy (non-hydrogen) atoms. The molecule has 0 radical (unpaired) electrons. The summed E-state index contributed by atoms with van der Waals surface area (Å²) in [7, 11) is 1.49. The number of methoxy groups -OCH3 is 1. The fourth-order valence-corrected chi connectivity index (χ4v) is 1.44. The third-order valence-corrected chi connectivity index (χ3v) is 2.81. The van der Waals surface area contributed by atoms with Gasteiger partial charge in [0.05, 0.1) is 7.11 Å². The van der Waals surface area contributed by atoms with Gasteiger partial charge in [-0.2, -0.15) is 0 Å². The number of phenolic OH excluding ortho intramolecular Hbond substituents is 1. The third-order valence-electron chi connectivity index (χ3n) is 2.81. The number of aromatic hydroxyl groups is 1. The lowest BCUT2D eigenvalue weighted by Crippen LogP contribution is -2.32. The summed E-state index contributed by atoms with van der Waals surface area (Å²) in [5, 5.41) is 18.7. The Bertz CT molecular complexity index is 363. The predicted molar refractivity (Wildman–Crippen MR) is 62.5 cm³/mol. The normalized spacial score (nSPS) is 13.6. The van der Waals surface area contributed by atoms with Gasteiger partial charge in [-0.15, -0.1) is 0 Å². The van der Waals surface area contributed by atoms with Crippen molar-refractivity contribution in [2.24, 2.45) is 11.1 Å². The number of phenols is 1. The maximum Gasteiger partial charge on any atom is 0.160 e. The Balaban J connectivity index is 3.05. The van der Waals surface area contributed by atoms with Crippen molar-refractivity contribution >= 4 is 0 Å². The highest BCUT2D eigenvalue weighted by molar-refractivity contribution is 5.43. The summed E-state index contributed by atoms with van der Waals surface area (Å²) in [5.74, 6) is 0.474. The van der Waals surface area contributed by atoms with Crippen molar-refractivity contribution in [2.45, 2.75) is 19.9 Å². The Morgan fingerprint density at radius 2 is 2.06 bits per heavy atom. The summed E-state index contributed by atoms with van der Waals surface area (Å²) in [4.78, 5) is 0. The summed E-state index contributed by atoms with van der Waals surface area (Å²) in [6.45, 7) is 3.77. The summed E-state index contributed by atoms with van der Waals surface area (Å²) >= 11 is 0. The molecule has 0 bridgehead atoms. The molecule has 0 saturated heterocycles. The first kappa shape index (κ1) is 12.8. The van der Waals surface area contributed by atoms with Gasteiger partial charge in [-0.05, 0) is 17.7 Å². The van der Waals surface area contributed by atoms with E-state index in [0.29, 0.717) is 5.75 Å². The van der Waals surface area contributed by atoms with Crippen LogP contribution >= 0.6 is 0 Å². The second kappa shape index (κ2) is 4.72. The van der Waals surface area contributed by atoms with Crippen LogP contribution in [0.4, 0.5) is 0 Å². The Hall–Kier alpha value is -1.26. The van der Waals surface area contributed by atoms with Crippen molar-refractivity contribution in [3.63, 3.8) is 0 Å². The molecule has 4 nitrogen and oxygen atoms in total. The van der Waals surface area contributed by atoms with Crippen molar-refractivity contribution in [2.75, 3.05) is 13.7 Å². The highest BCUT2D eigenvalue weighted by atomic mass is 16.5. The molecule has 0 aliphatic carbocycles. The zero-order chi connectivity index (χ0) is 12.3. The van der Waals surface area contributed by atoms with E-state index in [1.165, 1.54) is 7.11 Å². The van der Waals surface area contributed by atoms with Crippen molar-refractivity contribution in [1.29, 1.82) is 0 Å². The van der Waals surface area contributed by atoms with Crippen LogP contribution in [0.3, 0.4) is 0 Å². The van der Waals surface area contributed by atoms with Gasteiger partial charge in [0.25, 0.3) is 0 Å². The lowest BCUT2D eigenvalue weighted by atomic mass is 9.82. The number of ether oxygens (including phenoxy) is 1. The summed E-state index contributed by atoms with van der Waals surface area (Å²) in [5.41, 5.74) is 6.47. The van der Waals surface area contributed by atoms with Crippen LogP contribution in [0.2, 0.25) is 0 Å². The number of nitrogens with two attached hydrogens (primary N) is 1. The van der Waals surface area contributed by atoms with Gasteiger partial charge in [-0.1, -0.05) is 19.9 Å². The first-order chi connectivity index (χ1) is 7.42. The van der Waals surface area contributed by atoms with Crippen molar-refractivity contribution in [3.05, 3.63) is 23.8 Å². The first-order valence-electron chi connectivity index (χ1n) is 5.15. The molecule has 1 aromatic carbocycles. The van der Waals surface area contributed by atoms with E-state index in [1.54, 1.807) is 18.2 Å². The molecule has 0 saturated carbocycles. The SMILES string of the molecule is COc1cc([C@H](N)C(C)(C)CO)ccc1O. The monoisotopic (exact) mass is 225 g/mol. The van der Waals surface area contributed by atoms with Gasteiger partial charge >= 0.3 is 0 Å². The molecule has 0 amide bonds. The van der Waals surface area contributed by atoms with E-state index >= 15 is 0 Å². The van der Waals surface area contributed by atoms with Crippen LogP contribution in [0.1, 0.15) is 25.5 Å². The average molecular weight is 225 g/mol. The molecule has 0 unspecified atom stereocenters. The maximum absolute atomic E-state index is 9.46. The molecule has 0 aromatic heterocycles. The van der Waals surface area contributed by atoms with Crippen LogP contribution in [-0.2, 0) is 0 Å². The van der Waals surface area contributed by atoms with Crippen LogP contribution in [0.5, 0.6) is 11.5 Å². The summed E-state index contributed by atoms with van der Waals surface area (Å²) < 4.78 is 5.01. The van der Waals surface area contributed by atoms with Gasteiger partial charge < -0.3 is 20.7 Å². The minimum Gasteiger partial charge on any atom is -0.504 e. The zero-order valence-corrected chi connectivity index (χ0v) is 9.90. The molecule has 0 heterocycles. The van der Waals surface area contributed by atoms with Crippen LogP contribution in [0, 0.1) is 5.41 Å². The number of hydrogen-bond donors (Lipinski definition) is 3. The Labute approximate surface area is 95.7 Å². The quantitative estimate of drug-likeness (QED) is 0.724. The summed E-state index contributed by atoms with van der Waals surface area (Å²) in [6.07, 6.45) is 0. The van der Waals surface area contributed by atoms with Crippen molar-refractivity contribution < 1.29 is 14.9 Å². The highest BCUT2D eigenvalue weighted by Crippen LogP contribution is 2.35. The molecule has 4 heteroatoms. The number of aliphatic hydroxyl groups is 1. The van der Waals surface area contributed by atoms with Gasteiger partial charge in [0.1, 0.15) is 0 Å². The lowest BCUT2D eigenvalue weighted by molar-refractivity contribution is 0.132. The van der Waals surface area contributed by atoms with Crippen LogP contribution in [0.25, 0.3) is 0 Å². The van der Waals surface area contributed by atoms with E-state index in [0.717, 1.165) is 5.56 Å². The van der Waals surface area contributed by atoms with E-state index < -0.39 is 5.41 Å². The van der Waals surface area contributed by atoms with Gasteiger partial charge in [0, 0.05) is 18.1 Å². The largest absolute Gasteiger partial charge is 0.504 e. The molecule has 90 valence electrons. The van der Waals surface area contributed by atoms with Gasteiger partial charge in [-0.25, -0.2) is 0 Å². The number of aliphatic hydroxyl groups excluding tert-OH is 1. The zero-order valence-electron chi connectivity index (χ0n) is 9.90. The van der Waals surface area contributed by atoms with Gasteiger partial charge in [0.2, 0.25) is 0 Å². The summed E-state index contributed by atoms with van der Waals surface area (Å²) in [6, 6.07) is 4.66. The van der Waals surface area contributed by atoms with Gasteiger partial charge in [0.15, 0.2) is 11.5 Å². The molecular formula is C12H19NO3. The minimum atomic E-state index is -0.415. The fraction of sp³-hybridized carbons (Fsp3) is 0.500. The minimum absolute atomic E-state index is 0.00262. The van der Waals surface area contributed by atoms with E-state index in [4.69, 9.17) is 10.5 Å². The predicted octanol–water partition coefficient (Wildman–Crippen LogP) is 1.42. The van der Waals surface area contributed by atoms with E-state index in [-0.39, 0.29) is 18.4 Å². The number of rotatable bonds is 4. The molecule has 0 aliphatic rings. The standard InChI is InChI=1S/C12H19NO3/c1-12(2,7-14)11(13)8-4-5-9(15)10(6-8)16-3/h4-6,11,14-15H,7,13H2,1-3H3/t11-/m0/s1. The molecule has 4 N–H and O–H groups in total. The second-order valence-corrected chi connectivity index (χ2v) is 4.56. The molecule has 0 spiro atoms. The van der Waals surface area contributed by atoms with Crippen LogP contribution in [-0.4, -0.2) is 23.9 Å². The highest BCUT2D eigenvalue weighted by Gasteiger charge is 2.27. The molecule has 0 fully saturated rings. The Kier molecular flexibility index (Phi) is 3.78. The molecule has 0 aliphatic heterocycles. The molecule has 1 atom stereocenters. The number of benzene rings is 1. The maximum atomic E-state index is 9.46. The smallest absolute Gasteiger partial charge is 0.160 e. The topological polar surface area (TPSA) is 75.7 Å². The van der Waals surface area contributed by atoms with Crippen molar-refractivity contribution in [1.82, 2.24) is 0 Å². The molecule has 1 rings (SSSR count).